The zero-order valence-corrected chi connectivity index (χ0v) is 9.56. The van der Waals surface area contributed by atoms with Crippen LogP contribution in [-0.2, 0) is 24.9 Å². The lowest BCUT2D eigenvalue weighted by atomic mass is 9.88. The molecule has 0 aromatic heterocycles. The molecule has 2 aliphatic rings. The second-order valence-electron chi connectivity index (χ2n) is 4.33. The summed E-state index contributed by atoms with van der Waals surface area (Å²) in [5, 5.41) is 0. The van der Waals surface area contributed by atoms with Gasteiger partial charge in [0.25, 0.3) is 0 Å². The molecule has 5 heteroatoms. The number of fused-ring (bicyclic) bond motifs is 3. The maximum atomic E-state index is 10.9. The second kappa shape index (κ2) is 3.21. The molecule has 1 aromatic carbocycles. The molecular formula is C12H12O5. The van der Waals surface area contributed by atoms with Crippen molar-refractivity contribution in [1.29, 1.82) is 0 Å². The Balaban J connectivity index is 1.93. The van der Waals surface area contributed by atoms with Gasteiger partial charge in [-0.05, 0) is 13.0 Å². The van der Waals surface area contributed by atoms with E-state index in [0.29, 0.717) is 5.75 Å². The van der Waals surface area contributed by atoms with E-state index < -0.39 is 11.4 Å². The van der Waals surface area contributed by atoms with Gasteiger partial charge in [-0.2, -0.15) is 4.89 Å². The van der Waals surface area contributed by atoms with Gasteiger partial charge in [-0.15, -0.1) is 0 Å². The van der Waals surface area contributed by atoms with Crippen LogP contribution in [0.1, 0.15) is 19.4 Å². The number of para-hydroxylation sites is 1. The highest BCUT2D eigenvalue weighted by Gasteiger charge is 2.70. The molecule has 1 fully saturated rings. The third-order valence-corrected chi connectivity index (χ3v) is 3.21. The SMILES string of the molecule is CC(=O)OCC12OOC1(C)c1ccccc1O2. The number of hydrogen-bond acceptors (Lipinski definition) is 5. The topological polar surface area (TPSA) is 54.0 Å². The lowest BCUT2D eigenvalue weighted by Gasteiger charge is -2.47. The normalized spacial score (nSPS) is 33.1. The summed E-state index contributed by atoms with van der Waals surface area (Å²) < 4.78 is 10.7. The smallest absolute Gasteiger partial charge is 0.310 e. The zero-order chi connectivity index (χ0) is 12.1. The highest BCUT2D eigenvalue weighted by molar-refractivity contribution is 5.66. The third kappa shape index (κ3) is 1.23. The molecule has 1 aromatic rings. The molecule has 0 saturated carbocycles. The molecule has 0 bridgehead atoms. The van der Waals surface area contributed by atoms with E-state index in [1.807, 2.05) is 31.2 Å². The van der Waals surface area contributed by atoms with Crippen LogP contribution < -0.4 is 4.74 Å². The summed E-state index contributed by atoms with van der Waals surface area (Å²) in [6, 6.07) is 7.51. The summed E-state index contributed by atoms with van der Waals surface area (Å²) in [6.45, 7) is 3.20. The predicted octanol–water partition coefficient (Wildman–Crippen LogP) is 1.52. The van der Waals surface area contributed by atoms with Gasteiger partial charge in [-0.3, -0.25) is 4.79 Å². The number of hydrogen-bond donors (Lipinski definition) is 0. The number of rotatable bonds is 2. The maximum absolute atomic E-state index is 10.9. The molecule has 5 nitrogen and oxygen atoms in total. The van der Waals surface area contributed by atoms with Gasteiger partial charge in [0, 0.05) is 12.5 Å². The highest BCUT2D eigenvalue weighted by Crippen LogP contribution is 2.57. The molecule has 1 saturated heterocycles. The summed E-state index contributed by atoms with van der Waals surface area (Å²) in [5.41, 5.74) is 0.178. The fraction of sp³-hybridized carbons (Fsp3) is 0.417. The number of ether oxygens (including phenoxy) is 2. The van der Waals surface area contributed by atoms with Gasteiger partial charge >= 0.3 is 11.8 Å². The van der Waals surface area contributed by atoms with Gasteiger partial charge in [0.1, 0.15) is 5.75 Å². The van der Waals surface area contributed by atoms with Crippen LogP contribution in [0.15, 0.2) is 24.3 Å². The second-order valence-corrected chi connectivity index (χ2v) is 4.33. The molecular weight excluding hydrogens is 224 g/mol. The van der Waals surface area contributed by atoms with E-state index in [1.165, 1.54) is 6.92 Å². The van der Waals surface area contributed by atoms with Crippen LogP contribution in [0.3, 0.4) is 0 Å². The predicted molar refractivity (Wildman–Crippen MR) is 56.0 cm³/mol. The van der Waals surface area contributed by atoms with Crippen LogP contribution in [0.5, 0.6) is 5.75 Å². The lowest BCUT2D eigenvalue weighted by Crippen LogP contribution is -2.65. The molecule has 3 rings (SSSR count). The number of benzene rings is 1. The van der Waals surface area contributed by atoms with Crippen LogP contribution in [0, 0.1) is 0 Å². The van der Waals surface area contributed by atoms with E-state index in [1.54, 1.807) is 0 Å². The number of carbonyl (C=O) groups is 1. The Labute approximate surface area is 98.2 Å². The summed E-state index contributed by atoms with van der Waals surface area (Å²) >= 11 is 0. The quantitative estimate of drug-likeness (QED) is 0.575. The first-order valence-electron chi connectivity index (χ1n) is 5.36. The van der Waals surface area contributed by atoms with E-state index >= 15 is 0 Å². The summed E-state index contributed by atoms with van der Waals surface area (Å²) in [4.78, 5) is 21.1. The monoisotopic (exact) mass is 236 g/mol. The zero-order valence-electron chi connectivity index (χ0n) is 9.56. The number of carbonyl (C=O) groups excluding carboxylic acids is 1. The van der Waals surface area contributed by atoms with Crippen molar-refractivity contribution in [3.63, 3.8) is 0 Å². The van der Waals surface area contributed by atoms with Crippen LogP contribution in [0.2, 0.25) is 0 Å². The van der Waals surface area contributed by atoms with Crippen molar-refractivity contribution < 1.29 is 24.0 Å². The van der Waals surface area contributed by atoms with Crippen molar-refractivity contribution in [3.8, 4) is 5.75 Å². The van der Waals surface area contributed by atoms with Gasteiger partial charge in [0.15, 0.2) is 6.61 Å². The molecule has 0 aliphatic carbocycles. The van der Waals surface area contributed by atoms with Crippen molar-refractivity contribution in [2.24, 2.45) is 0 Å². The summed E-state index contributed by atoms with van der Waals surface area (Å²) in [5.74, 6) is -0.737. The van der Waals surface area contributed by atoms with Crippen LogP contribution >= 0.6 is 0 Å². The standard InChI is InChI=1S/C12H12O5/c1-8(13)14-7-12-11(2,16-17-12)9-5-3-4-6-10(9)15-12/h3-6H,7H2,1-2H3. The van der Waals surface area contributed by atoms with Crippen molar-refractivity contribution in [3.05, 3.63) is 29.8 Å². The summed E-state index contributed by atoms with van der Waals surface area (Å²) in [7, 11) is 0. The van der Waals surface area contributed by atoms with Crippen molar-refractivity contribution in [1.82, 2.24) is 0 Å². The van der Waals surface area contributed by atoms with E-state index in [9.17, 15) is 4.79 Å². The average molecular weight is 236 g/mol. The Bertz CT molecular complexity index is 486. The van der Waals surface area contributed by atoms with E-state index in [2.05, 4.69) is 0 Å². The van der Waals surface area contributed by atoms with Crippen LogP contribution in [0.25, 0.3) is 0 Å². The number of esters is 1. The fourth-order valence-corrected chi connectivity index (χ4v) is 2.14. The molecule has 0 N–H and O–H groups in total. The Morgan fingerprint density at radius 2 is 2.12 bits per heavy atom. The molecule has 2 heterocycles. The van der Waals surface area contributed by atoms with Crippen molar-refractivity contribution >= 4 is 5.97 Å². The Morgan fingerprint density at radius 1 is 1.35 bits per heavy atom. The Morgan fingerprint density at radius 3 is 2.76 bits per heavy atom. The van der Waals surface area contributed by atoms with E-state index in [-0.39, 0.29) is 12.6 Å². The average Bonchev–Trinajstić information content (AvgIpc) is 2.47. The highest BCUT2D eigenvalue weighted by atomic mass is 17.3. The lowest BCUT2D eigenvalue weighted by molar-refractivity contribution is -0.595. The minimum Gasteiger partial charge on any atom is -0.459 e. The minimum atomic E-state index is -1.05. The van der Waals surface area contributed by atoms with E-state index in [0.717, 1.165) is 5.56 Å². The van der Waals surface area contributed by atoms with Gasteiger partial charge in [0.05, 0.1) is 0 Å². The molecule has 17 heavy (non-hydrogen) atoms. The first-order valence-corrected chi connectivity index (χ1v) is 5.36. The Hall–Kier alpha value is -1.59. The largest absolute Gasteiger partial charge is 0.459 e. The maximum Gasteiger partial charge on any atom is 0.310 e. The van der Waals surface area contributed by atoms with Gasteiger partial charge in [0.2, 0.25) is 5.60 Å². The van der Waals surface area contributed by atoms with Gasteiger partial charge in [-0.1, -0.05) is 18.2 Å². The third-order valence-electron chi connectivity index (χ3n) is 3.21. The molecule has 2 atom stereocenters. The summed E-state index contributed by atoms with van der Waals surface area (Å²) in [6.07, 6.45) is 0. The molecule has 2 aliphatic heterocycles. The first-order chi connectivity index (χ1) is 8.07. The minimum absolute atomic E-state index is 0.00745. The fourth-order valence-electron chi connectivity index (χ4n) is 2.14. The molecule has 2 unspecified atom stereocenters. The first kappa shape index (κ1) is 10.6. The van der Waals surface area contributed by atoms with Gasteiger partial charge < -0.3 is 9.47 Å². The molecule has 0 amide bonds. The van der Waals surface area contributed by atoms with Crippen LogP contribution in [-0.4, -0.2) is 18.4 Å². The van der Waals surface area contributed by atoms with Crippen LogP contribution in [0.4, 0.5) is 0 Å². The molecule has 90 valence electrons. The molecule has 0 radical (unpaired) electrons. The van der Waals surface area contributed by atoms with E-state index in [4.69, 9.17) is 19.2 Å². The van der Waals surface area contributed by atoms with Crippen molar-refractivity contribution in [2.45, 2.75) is 25.2 Å². The molecule has 0 spiro atoms. The van der Waals surface area contributed by atoms with Gasteiger partial charge in [-0.25, -0.2) is 4.89 Å². The Kier molecular flexibility index (Phi) is 1.99. The van der Waals surface area contributed by atoms with Crippen molar-refractivity contribution in [2.75, 3.05) is 6.61 Å².